The highest BCUT2D eigenvalue weighted by Gasteiger charge is 2.26. The minimum atomic E-state index is 0.341. The van der Waals surface area contributed by atoms with E-state index in [1.807, 2.05) is 23.9 Å². The van der Waals surface area contributed by atoms with E-state index in [9.17, 15) is 4.79 Å². The predicted octanol–water partition coefficient (Wildman–Crippen LogP) is 3.50. The fraction of sp³-hybridized carbons (Fsp3) is 0.600. The molecule has 2 saturated heterocycles. The highest BCUT2D eigenvalue weighted by atomic mass is 32.2. The lowest BCUT2D eigenvalue weighted by atomic mass is 9.93. The Kier molecular flexibility index (Phi) is 6.16. The lowest BCUT2D eigenvalue weighted by Crippen LogP contribution is -2.40. The van der Waals surface area contributed by atoms with Crippen LogP contribution in [0.25, 0.3) is 10.2 Å². The maximum absolute atomic E-state index is 12.5. The van der Waals surface area contributed by atoms with E-state index in [-0.39, 0.29) is 0 Å². The molecule has 2 aliphatic heterocycles. The molecule has 2 aliphatic rings. The van der Waals surface area contributed by atoms with Crippen molar-refractivity contribution in [3.05, 3.63) is 12.1 Å². The predicted molar refractivity (Wildman–Crippen MR) is 116 cm³/mol. The Balaban J connectivity index is 1.40. The third kappa shape index (κ3) is 4.03. The molecule has 0 atom stereocenters. The number of methoxy groups -OCH3 is 2. The number of amides is 1. The maximum atomic E-state index is 12.5. The Morgan fingerprint density at radius 3 is 2.46 bits per heavy atom. The first-order valence-corrected chi connectivity index (χ1v) is 11.8. The summed E-state index contributed by atoms with van der Waals surface area (Å²) in [6.07, 6.45) is 2.77. The molecule has 3 heterocycles. The summed E-state index contributed by atoms with van der Waals surface area (Å²) in [5.41, 5.74) is 0.863. The molecule has 6 nitrogen and oxygen atoms in total. The van der Waals surface area contributed by atoms with Gasteiger partial charge in [-0.3, -0.25) is 4.79 Å². The molecule has 0 radical (unpaired) electrons. The fourth-order valence-corrected chi connectivity index (χ4v) is 5.96. The number of carbonyl (C=O) groups excluding carboxylic acids is 1. The molecule has 1 aromatic carbocycles. The average molecular weight is 422 g/mol. The van der Waals surface area contributed by atoms with Crippen molar-refractivity contribution in [2.45, 2.75) is 19.3 Å². The number of benzene rings is 1. The van der Waals surface area contributed by atoms with Crippen molar-refractivity contribution < 1.29 is 14.3 Å². The molecule has 2 aromatic rings. The molecule has 1 aromatic heterocycles. The van der Waals surface area contributed by atoms with Crippen LogP contribution in [0.5, 0.6) is 11.5 Å². The van der Waals surface area contributed by atoms with E-state index >= 15 is 0 Å². The minimum absolute atomic E-state index is 0.341. The second-order valence-electron chi connectivity index (χ2n) is 7.27. The smallest absolute Gasteiger partial charge is 0.222 e. The highest BCUT2D eigenvalue weighted by molar-refractivity contribution is 7.99. The van der Waals surface area contributed by atoms with E-state index in [1.165, 1.54) is 0 Å². The Bertz CT molecular complexity index is 786. The molecule has 0 bridgehead atoms. The van der Waals surface area contributed by atoms with Crippen LogP contribution in [-0.2, 0) is 4.79 Å². The van der Waals surface area contributed by atoms with Crippen LogP contribution in [0.15, 0.2) is 12.1 Å². The van der Waals surface area contributed by atoms with Gasteiger partial charge in [-0.15, -0.1) is 0 Å². The summed E-state index contributed by atoms with van der Waals surface area (Å²) < 4.78 is 12.0. The first kappa shape index (κ1) is 19.6. The number of thioether (sulfide) groups is 1. The standard InChI is InChI=1S/C20H27N3O3S2/c1-25-15-3-4-16(26-2)19-18(15)21-20(28-19)23-7-5-14(6-8-23)13-17(24)22-9-11-27-12-10-22/h3-4,14H,5-13H2,1-2H3. The van der Waals surface area contributed by atoms with Crippen LogP contribution in [0.4, 0.5) is 5.13 Å². The van der Waals surface area contributed by atoms with Gasteiger partial charge in [0, 0.05) is 44.1 Å². The number of fused-ring (bicyclic) bond motifs is 1. The molecular weight excluding hydrogens is 394 g/mol. The van der Waals surface area contributed by atoms with Crippen molar-refractivity contribution in [3.63, 3.8) is 0 Å². The van der Waals surface area contributed by atoms with Gasteiger partial charge >= 0.3 is 0 Å². The molecule has 4 rings (SSSR count). The fourth-order valence-electron chi connectivity index (χ4n) is 3.93. The molecule has 8 heteroatoms. The number of ether oxygens (including phenoxy) is 2. The molecule has 0 unspecified atom stereocenters. The molecule has 152 valence electrons. The van der Waals surface area contributed by atoms with Gasteiger partial charge in [-0.05, 0) is 30.9 Å². The van der Waals surface area contributed by atoms with Crippen molar-refractivity contribution in [1.82, 2.24) is 9.88 Å². The number of piperidine rings is 1. The third-order valence-corrected chi connectivity index (χ3v) is 7.68. The van der Waals surface area contributed by atoms with Crippen molar-refractivity contribution in [3.8, 4) is 11.5 Å². The number of nitrogens with zero attached hydrogens (tertiary/aromatic N) is 3. The molecule has 0 saturated carbocycles. The van der Waals surface area contributed by atoms with Crippen molar-refractivity contribution in [2.24, 2.45) is 5.92 Å². The Morgan fingerprint density at radius 2 is 1.79 bits per heavy atom. The topological polar surface area (TPSA) is 54.9 Å². The van der Waals surface area contributed by atoms with Gasteiger partial charge in [-0.1, -0.05) is 11.3 Å². The Labute approximate surface area is 174 Å². The van der Waals surface area contributed by atoms with Crippen LogP contribution in [0.2, 0.25) is 0 Å². The van der Waals surface area contributed by atoms with E-state index in [2.05, 4.69) is 9.80 Å². The summed E-state index contributed by atoms with van der Waals surface area (Å²) in [4.78, 5) is 21.8. The maximum Gasteiger partial charge on any atom is 0.222 e. The Hall–Kier alpha value is -1.67. The van der Waals surface area contributed by atoms with Gasteiger partial charge in [-0.2, -0.15) is 11.8 Å². The number of anilines is 1. The molecular formula is C20H27N3O3S2. The highest BCUT2D eigenvalue weighted by Crippen LogP contribution is 2.41. The van der Waals surface area contributed by atoms with Crippen molar-refractivity contribution in [2.75, 3.05) is 56.8 Å². The third-order valence-electron chi connectivity index (χ3n) is 5.61. The average Bonchev–Trinajstić information content (AvgIpc) is 3.19. The van der Waals surface area contributed by atoms with Crippen LogP contribution < -0.4 is 14.4 Å². The van der Waals surface area contributed by atoms with Crippen LogP contribution in [0, 0.1) is 5.92 Å². The summed E-state index contributed by atoms with van der Waals surface area (Å²) in [7, 11) is 3.36. The zero-order valence-electron chi connectivity index (χ0n) is 16.5. The van der Waals surface area contributed by atoms with E-state index in [1.54, 1.807) is 25.6 Å². The molecule has 1 amide bonds. The summed E-state index contributed by atoms with van der Waals surface area (Å²) in [6.45, 7) is 3.71. The molecule has 2 fully saturated rings. The van der Waals surface area contributed by atoms with Crippen LogP contribution in [-0.4, -0.2) is 67.7 Å². The summed E-state index contributed by atoms with van der Waals surface area (Å²) >= 11 is 3.60. The van der Waals surface area contributed by atoms with E-state index in [0.717, 1.165) is 77.4 Å². The largest absolute Gasteiger partial charge is 0.495 e. The Morgan fingerprint density at radius 1 is 1.11 bits per heavy atom. The van der Waals surface area contributed by atoms with Gasteiger partial charge in [0.1, 0.15) is 21.7 Å². The molecule has 28 heavy (non-hydrogen) atoms. The monoisotopic (exact) mass is 421 g/mol. The van der Waals surface area contributed by atoms with Crippen molar-refractivity contribution >= 4 is 44.4 Å². The lowest BCUT2D eigenvalue weighted by Gasteiger charge is -2.33. The summed E-state index contributed by atoms with van der Waals surface area (Å²) in [6, 6.07) is 3.84. The van der Waals surface area contributed by atoms with Crippen LogP contribution in [0.3, 0.4) is 0 Å². The number of carbonyl (C=O) groups is 1. The summed E-state index contributed by atoms with van der Waals surface area (Å²) in [5.74, 6) is 4.59. The first-order valence-electron chi connectivity index (χ1n) is 9.81. The second kappa shape index (κ2) is 8.78. The van der Waals surface area contributed by atoms with E-state index < -0.39 is 0 Å². The zero-order valence-corrected chi connectivity index (χ0v) is 18.1. The van der Waals surface area contributed by atoms with Crippen LogP contribution >= 0.6 is 23.1 Å². The minimum Gasteiger partial charge on any atom is -0.495 e. The normalized spacial score (nSPS) is 18.5. The number of hydrogen-bond acceptors (Lipinski definition) is 7. The zero-order chi connectivity index (χ0) is 19.5. The van der Waals surface area contributed by atoms with Gasteiger partial charge in [0.05, 0.1) is 14.2 Å². The van der Waals surface area contributed by atoms with Crippen LogP contribution in [0.1, 0.15) is 19.3 Å². The molecule has 0 N–H and O–H groups in total. The quantitative estimate of drug-likeness (QED) is 0.737. The van der Waals surface area contributed by atoms with Gasteiger partial charge in [0.2, 0.25) is 5.91 Å². The van der Waals surface area contributed by atoms with Crippen molar-refractivity contribution in [1.29, 1.82) is 0 Å². The van der Waals surface area contributed by atoms with Gasteiger partial charge in [0.25, 0.3) is 0 Å². The van der Waals surface area contributed by atoms with E-state index in [0.29, 0.717) is 18.2 Å². The van der Waals surface area contributed by atoms with Gasteiger partial charge < -0.3 is 19.3 Å². The number of rotatable bonds is 5. The first-order chi connectivity index (χ1) is 13.7. The SMILES string of the molecule is COc1ccc(OC)c2sc(N3CCC(CC(=O)N4CCSCC4)CC3)nc12. The van der Waals surface area contributed by atoms with E-state index in [4.69, 9.17) is 14.5 Å². The van der Waals surface area contributed by atoms with Gasteiger partial charge in [0.15, 0.2) is 5.13 Å². The summed E-state index contributed by atoms with van der Waals surface area (Å²) in [5, 5.41) is 1.01. The number of aromatic nitrogens is 1. The second-order valence-corrected chi connectivity index (χ2v) is 9.47. The lowest BCUT2D eigenvalue weighted by molar-refractivity contribution is -0.132. The molecule has 0 aliphatic carbocycles. The van der Waals surface area contributed by atoms with Gasteiger partial charge in [-0.25, -0.2) is 4.98 Å². The number of thiazole rings is 1. The number of hydrogen-bond donors (Lipinski definition) is 0. The molecule has 0 spiro atoms.